The van der Waals surface area contributed by atoms with Crippen LogP contribution in [0.15, 0.2) is 29.8 Å². The monoisotopic (exact) mass is 280 g/mol. The van der Waals surface area contributed by atoms with E-state index in [1.54, 1.807) is 7.11 Å². The zero-order valence-electron chi connectivity index (χ0n) is 11.5. The van der Waals surface area contributed by atoms with Crippen LogP contribution in [0.2, 0.25) is 5.02 Å². The normalized spacial score (nSPS) is 17.3. The number of halogens is 1. The molecule has 1 heterocycles. The van der Waals surface area contributed by atoms with Crippen molar-refractivity contribution in [3.63, 3.8) is 0 Å². The predicted octanol–water partition coefficient (Wildman–Crippen LogP) is 3.14. The van der Waals surface area contributed by atoms with E-state index in [0.29, 0.717) is 0 Å². The largest absolute Gasteiger partial charge is 0.380 e. The summed E-state index contributed by atoms with van der Waals surface area (Å²) in [6.45, 7) is 4.56. The molecule has 0 radical (unpaired) electrons. The molecule has 1 aliphatic rings. The molecule has 0 aromatic heterocycles. The first kappa shape index (κ1) is 14.4. The third-order valence-electron chi connectivity index (χ3n) is 3.47. The lowest BCUT2D eigenvalue weighted by molar-refractivity contribution is 0.222. The maximum absolute atomic E-state index is 6.36. The first-order chi connectivity index (χ1) is 9.11. The third kappa shape index (κ3) is 3.50. The molecule has 3 nitrogen and oxygen atoms in total. The van der Waals surface area contributed by atoms with Gasteiger partial charge in [-0.3, -0.25) is 0 Å². The highest BCUT2D eigenvalue weighted by Crippen LogP contribution is 2.30. The van der Waals surface area contributed by atoms with Gasteiger partial charge in [-0.05, 0) is 36.6 Å². The van der Waals surface area contributed by atoms with Gasteiger partial charge in [0.1, 0.15) is 0 Å². The van der Waals surface area contributed by atoms with Crippen molar-refractivity contribution in [2.24, 2.45) is 5.73 Å². The number of hydrogen-bond donors (Lipinski definition) is 1. The topological polar surface area (TPSA) is 38.5 Å². The predicted molar refractivity (Wildman–Crippen MR) is 80.8 cm³/mol. The van der Waals surface area contributed by atoms with Crippen molar-refractivity contribution in [3.05, 3.63) is 40.4 Å². The van der Waals surface area contributed by atoms with E-state index in [2.05, 4.69) is 23.1 Å². The Balaban J connectivity index is 2.11. The zero-order chi connectivity index (χ0) is 13.8. The van der Waals surface area contributed by atoms with Gasteiger partial charge in [0.15, 0.2) is 0 Å². The molecule has 0 unspecified atom stereocenters. The number of nitrogens with two attached hydrogens (primary N) is 1. The average molecular weight is 281 g/mol. The Bertz CT molecular complexity index is 471. The summed E-state index contributed by atoms with van der Waals surface area (Å²) in [6.07, 6.45) is 3.25. The molecule has 0 saturated heterocycles. The standard InChI is InChI=1S/C15H21ClN2O/c1-11(17)13-3-4-15(14(16)9-13)18-7-5-12(6-8-18)10-19-2/h3-5,9,11H,6-8,10,17H2,1-2H3/t11-/m1/s1. The molecule has 1 aliphatic heterocycles. The Hall–Kier alpha value is -1.03. The number of anilines is 1. The molecule has 1 atom stereocenters. The van der Waals surface area contributed by atoms with Crippen molar-refractivity contribution in [3.8, 4) is 0 Å². The highest BCUT2D eigenvalue weighted by Gasteiger charge is 2.15. The van der Waals surface area contributed by atoms with E-state index in [1.165, 1.54) is 5.57 Å². The van der Waals surface area contributed by atoms with Crippen molar-refractivity contribution in [1.82, 2.24) is 0 Å². The molecule has 0 fully saturated rings. The molecule has 4 heteroatoms. The van der Waals surface area contributed by atoms with Gasteiger partial charge in [0.2, 0.25) is 0 Å². The number of nitrogens with zero attached hydrogens (tertiary/aromatic N) is 1. The molecule has 2 rings (SSSR count). The minimum absolute atomic E-state index is 0.0149. The number of methoxy groups -OCH3 is 1. The van der Waals surface area contributed by atoms with Crippen LogP contribution in [0.1, 0.15) is 24.9 Å². The highest BCUT2D eigenvalue weighted by atomic mass is 35.5. The van der Waals surface area contributed by atoms with Crippen LogP contribution in [0.4, 0.5) is 5.69 Å². The summed E-state index contributed by atoms with van der Waals surface area (Å²) >= 11 is 6.36. The summed E-state index contributed by atoms with van der Waals surface area (Å²) in [7, 11) is 1.73. The maximum atomic E-state index is 6.36. The number of rotatable bonds is 4. The summed E-state index contributed by atoms with van der Waals surface area (Å²) in [5.74, 6) is 0. The fourth-order valence-electron chi connectivity index (χ4n) is 2.31. The Labute approximate surface area is 120 Å². The van der Waals surface area contributed by atoms with Gasteiger partial charge >= 0.3 is 0 Å². The van der Waals surface area contributed by atoms with Crippen LogP contribution in [-0.2, 0) is 4.74 Å². The first-order valence-electron chi connectivity index (χ1n) is 6.58. The Morgan fingerprint density at radius 2 is 2.26 bits per heavy atom. The van der Waals surface area contributed by atoms with Crippen molar-refractivity contribution < 1.29 is 4.74 Å². The van der Waals surface area contributed by atoms with Crippen molar-refractivity contribution in [1.29, 1.82) is 0 Å². The number of ether oxygens (including phenoxy) is 1. The SMILES string of the molecule is COCC1=CCN(c2ccc([C@@H](C)N)cc2Cl)CC1. The minimum Gasteiger partial charge on any atom is -0.380 e. The van der Waals surface area contributed by atoms with E-state index < -0.39 is 0 Å². The quantitative estimate of drug-likeness (QED) is 0.861. The first-order valence-corrected chi connectivity index (χ1v) is 6.96. The summed E-state index contributed by atoms with van der Waals surface area (Å²) in [6, 6.07) is 6.10. The Kier molecular flexibility index (Phi) is 4.86. The summed E-state index contributed by atoms with van der Waals surface area (Å²) in [4.78, 5) is 2.28. The van der Waals surface area contributed by atoms with Crippen LogP contribution in [0.5, 0.6) is 0 Å². The van der Waals surface area contributed by atoms with Crippen LogP contribution in [0, 0.1) is 0 Å². The Morgan fingerprint density at radius 1 is 1.47 bits per heavy atom. The summed E-state index contributed by atoms with van der Waals surface area (Å²) in [5, 5.41) is 0.776. The Morgan fingerprint density at radius 3 is 2.79 bits per heavy atom. The van der Waals surface area contributed by atoms with Gasteiger partial charge < -0.3 is 15.4 Å². The summed E-state index contributed by atoms with van der Waals surface area (Å²) in [5.41, 5.74) is 9.38. The van der Waals surface area contributed by atoms with E-state index in [-0.39, 0.29) is 6.04 Å². The lowest BCUT2D eigenvalue weighted by atomic mass is 10.1. The summed E-state index contributed by atoms with van der Waals surface area (Å²) < 4.78 is 5.16. The van der Waals surface area contributed by atoms with Gasteiger partial charge in [-0.25, -0.2) is 0 Å². The molecule has 19 heavy (non-hydrogen) atoms. The van der Waals surface area contributed by atoms with Gasteiger partial charge in [-0.1, -0.05) is 23.7 Å². The van der Waals surface area contributed by atoms with E-state index in [1.807, 2.05) is 13.0 Å². The molecule has 2 N–H and O–H groups in total. The van der Waals surface area contributed by atoms with Gasteiger partial charge in [0.25, 0.3) is 0 Å². The second kappa shape index (κ2) is 6.42. The molecule has 0 amide bonds. The van der Waals surface area contributed by atoms with E-state index in [0.717, 1.165) is 42.4 Å². The lowest BCUT2D eigenvalue weighted by Crippen LogP contribution is -2.29. The van der Waals surface area contributed by atoms with E-state index in [4.69, 9.17) is 22.1 Å². The molecule has 1 aromatic carbocycles. The van der Waals surface area contributed by atoms with E-state index in [9.17, 15) is 0 Å². The molecule has 104 valence electrons. The van der Waals surface area contributed by atoms with Crippen molar-refractivity contribution in [2.75, 3.05) is 31.7 Å². The molecule has 0 aliphatic carbocycles. The van der Waals surface area contributed by atoms with Crippen molar-refractivity contribution in [2.45, 2.75) is 19.4 Å². The van der Waals surface area contributed by atoms with Crippen LogP contribution in [0.25, 0.3) is 0 Å². The van der Waals surface area contributed by atoms with E-state index >= 15 is 0 Å². The zero-order valence-corrected chi connectivity index (χ0v) is 12.3. The minimum atomic E-state index is 0.0149. The van der Waals surface area contributed by atoms with Gasteiger partial charge in [-0.2, -0.15) is 0 Å². The third-order valence-corrected chi connectivity index (χ3v) is 3.77. The second-order valence-corrected chi connectivity index (χ2v) is 5.40. The van der Waals surface area contributed by atoms with Gasteiger partial charge in [0, 0.05) is 26.2 Å². The van der Waals surface area contributed by atoms with Crippen LogP contribution in [-0.4, -0.2) is 26.8 Å². The fraction of sp³-hybridized carbons (Fsp3) is 0.467. The molecule has 0 bridgehead atoms. The molecule has 0 spiro atoms. The molecule has 1 aromatic rings. The second-order valence-electron chi connectivity index (χ2n) is 4.99. The fourth-order valence-corrected chi connectivity index (χ4v) is 2.62. The van der Waals surface area contributed by atoms with Gasteiger partial charge in [0.05, 0.1) is 17.3 Å². The average Bonchev–Trinajstić information content (AvgIpc) is 2.40. The molecule has 0 saturated carbocycles. The molecular weight excluding hydrogens is 260 g/mol. The van der Waals surface area contributed by atoms with Crippen LogP contribution in [0.3, 0.4) is 0 Å². The maximum Gasteiger partial charge on any atom is 0.0674 e. The number of benzene rings is 1. The van der Waals surface area contributed by atoms with Crippen molar-refractivity contribution >= 4 is 17.3 Å². The number of hydrogen-bond acceptors (Lipinski definition) is 3. The van der Waals surface area contributed by atoms with Gasteiger partial charge in [-0.15, -0.1) is 0 Å². The van der Waals surface area contributed by atoms with Crippen LogP contribution < -0.4 is 10.6 Å². The highest BCUT2D eigenvalue weighted by molar-refractivity contribution is 6.33. The smallest absolute Gasteiger partial charge is 0.0674 e. The van der Waals surface area contributed by atoms with Crippen LogP contribution >= 0.6 is 11.6 Å². The molecular formula is C15H21ClN2O. The lowest BCUT2D eigenvalue weighted by Gasteiger charge is -2.29.